The third-order valence-corrected chi connectivity index (χ3v) is 20.7. The van der Waals surface area contributed by atoms with Gasteiger partial charge >= 0.3 is 39.5 Å². The van der Waals surface area contributed by atoms with Gasteiger partial charge in [-0.2, -0.15) is 0 Å². The number of hydrogen-bond acceptors (Lipinski definition) is 15. The maximum absolute atomic E-state index is 13.1. The lowest BCUT2D eigenvalue weighted by atomic mass is 10.0. The van der Waals surface area contributed by atoms with Crippen molar-refractivity contribution in [3.63, 3.8) is 0 Å². The summed E-state index contributed by atoms with van der Waals surface area (Å²) in [4.78, 5) is 72.7. The van der Waals surface area contributed by atoms with Crippen LogP contribution < -0.4 is 0 Å². The van der Waals surface area contributed by atoms with Crippen molar-refractivity contribution < 1.29 is 80.2 Å². The average molecular weight is 1450 g/mol. The minimum Gasteiger partial charge on any atom is -0.462 e. The first kappa shape index (κ1) is 97.1. The first-order valence-electron chi connectivity index (χ1n) is 41.6. The molecule has 0 aliphatic carbocycles. The largest absolute Gasteiger partial charge is 0.472 e. The Labute approximate surface area is 607 Å². The fourth-order valence-electron chi connectivity index (χ4n) is 12.4. The number of rotatable bonds is 80. The van der Waals surface area contributed by atoms with Gasteiger partial charge in [0.1, 0.15) is 19.3 Å². The summed E-state index contributed by atoms with van der Waals surface area (Å²) < 4.78 is 68.5. The van der Waals surface area contributed by atoms with Crippen molar-refractivity contribution in [1.29, 1.82) is 0 Å². The number of hydrogen-bond donors (Lipinski definition) is 3. The number of unbranched alkanes of at least 4 members (excludes halogenated alkanes) is 52. The van der Waals surface area contributed by atoms with Crippen LogP contribution in [0.25, 0.3) is 0 Å². The molecule has 2 unspecified atom stereocenters. The van der Waals surface area contributed by atoms with E-state index in [4.69, 9.17) is 37.0 Å². The van der Waals surface area contributed by atoms with E-state index < -0.39 is 97.5 Å². The fraction of sp³-hybridized carbons (Fsp3) is 0.950. The molecule has 19 heteroatoms. The van der Waals surface area contributed by atoms with Gasteiger partial charge < -0.3 is 33.8 Å². The summed E-state index contributed by atoms with van der Waals surface area (Å²) in [5.41, 5.74) is 0. The SMILES string of the molecule is CCCCCCCCCCCCCCCCCCCCCCCC(=O)OC[C@H](COP(=O)(O)OC[C@@H](O)COP(=O)(O)OC[C@@H](COC(=O)CCCCCCCCCC)OC(=O)CCCCCCCCC(C)C)OC(=O)CCCCCCCCCCCCCCCCCCCCCCC. The van der Waals surface area contributed by atoms with Crippen molar-refractivity contribution in [2.24, 2.45) is 5.92 Å². The summed E-state index contributed by atoms with van der Waals surface area (Å²) in [5, 5.41) is 10.6. The molecule has 0 spiro atoms. The molecule has 0 aromatic heterocycles. The maximum atomic E-state index is 13.1. The molecule has 0 bridgehead atoms. The Morgan fingerprint density at radius 2 is 0.465 bits per heavy atom. The molecule has 0 aliphatic rings. The number of carbonyl (C=O) groups excluding carboxylic acids is 4. The Kier molecular flexibility index (Phi) is 71.6. The fourth-order valence-corrected chi connectivity index (χ4v) is 14.0. The molecule has 588 valence electrons. The van der Waals surface area contributed by atoms with Crippen molar-refractivity contribution in [2.75, 3.05) is 39.6 Å². The second-order valence-corrected chi connectivity index (χ2v) is 32.2. The molecule has 0 radical (unpaired) electrons. The van der Waals surface area contributed by atoms with Crippen molar-refractivity contribution in [3.8, 4) is 0 Å². The zero-order chi connectivity index (χ0) is 72.7. The minimum atomic E-state index is -4.96. The number of carbonyl (C=O) groups is 4. The molecule has 0 rings (SSSR count). The average Bonchev–Trinajstić information content (AvgIpc) is 1.23. The van der Waals surface area contributed by atoms with Crippen LogP contribution in [0.5, 0.6) is 0 Å². The van der Waals surface area contributed by atoms with Crippen LogP contribution in [-0.4, -0.2) is 96.7 Å². The number of aliphatic hydroxyl groups excluding tert-OH is 1. The Morgan fingerprint density at radius 1 is 0.273 bits per heavy atom. The zero-order valence-corrected chi connectivity index (χ0v) is 66.4. The van der Waals surface area contributed by atoms with Gasteiger partial charge in [0.25, 0.3) is 0 Å². The van der Waals surface area contributed by atoms with Gasteiger partial charge in [0.05, 0.1) is 26.4 Å². The lowest BCUT2D eigenvalue weighted by Gasteiger charge is -2.21. The summed E-state index contributed by atoms with van der Waals surface area (Å²) in [5.74, 6) is -1.45. The lowest BCUT2D eigenvalue weighted by molar-refractivity contribution is -0.161. The van der Waals surface area contributed by atoms with E-state index in [-0.39, 0.29) is 25.7 Å². The van der Waals surface area contributed by atoms with Crippen molar-refractivity contribution in [2.45, 2.75) is 445 Å². The first-order valence-corrected chi connectivity index (χ1v) is 44.6. The van der Waals surface area contributed by atoms with Crippen molar-refractivity contribution in [1.82, 2.24) is 0 Å². The summed E-state index contributed by atoms with van der Waals surface area (Å²) in [6, 6.07) is 0. The molecule has 0 amide bonds. The van der Waals surface area contributed by atoms with Crippen molar-refractivity contribution >= 4 is 39.5 Å². The predicted molar refractivity (Wildman–Crippen MR) is 405 cm³/mol. The summed E-state index contributed by atoms with van der Waals surface area (Å²) in [7, 11) is -9.91. The third kappa shape index (κ3) is 74.1. The van der Waals surface area contributed by atoms with Gasteiger partial charge in [-0.25, -0.2) is 9.13 Å². The highest BCUT2D eigenvalue weighted by Crippen LogP contribution is 2.45. The smallest absolute Gasteiger partial charge is 0.462 e. The third-order valence-electron chi connectivity index (χ3n) is 18.8. The number of phosphoric ester groups is 2. The molecule has 0 aliphatic heterocycles. The van der Waals surface area contributed by atoms with Gasteiger partial charge in [-0.15, -0.1) is 0 Å². The molecule has 0 heterocycles. The van der Waals surface area contributed by atoms with Crippen molar-refractivity contribution in [3.05, 3.63) is 0 Å². The van der Waals surface area contributed by atoms with Gasteiger partial charge in [-0.05, 0) is 31.6 Å². The standard InChI is InChI=1S/C80H156O17P2/c1-6-9-12-15-18-21-23-25-27-29-31-33-35-37-39-41-43-45-48-54-59-64-78(83)91-69-75(96-79(84)65-60-55-49-46-44-42-40-38-36-34-32-30-28-26-24-22-19-16-13-10-7-2)71-94-98(86,87)92-67-74(81)68-93-99(88,89)95-72-76(70-90-77(82)63-58-53-47-20-17-14-11-8-3)97-80(85)66-61-56-51-50-52-57-62-73(4)5/h73-76,81H,6-72H2,1-5H3,(H,86,87)(H,88,89)/t74-,75-,76-/m1/s1. The van der Waals surface area contributed by atoms with Crippen LogP contribution in [0, 0.1) is 5.92 Å². The highest BCUT2D eigenvalue weighted by Gasteiger charge is 2.30. The van der Waals surface area contributed by atoms with E-state index in [2.05, 4.69) is 34.6 Å². The molecule has 99 heavy (non-hydrogen) atoms. The van der Waals surface area contributed by atoms with Crippen LogP contribution in [0.4, 0.5) is 0 Å². The normalized spacial score (nSPS) is 13.9. The first-order chi connectivity index (χ1) is 48.0. The Morgan fingerprint density at radius 3 is 0.687 bits per heavy atom. The van der Waals surface area contributed by atoms with Crippen LogP contribution >= 0.6 is 15.6 Å². The summed E-state index contributed by atoms with van der Waals surface area (Å²) >= 11 is 0. The van der Waals surface area contributed by atoms with Gasteiger partial charge in [-0.3, -0.25) is 37.3 Å². The van der Waals surface area contributed by atoms with Crippen LogP contribution in [0.2, 0.25) is 0 Å². The predicted octanol–water partition coefficient (Wildman–Crippen LogP) is 24.0. The number of phosphoric acid groups is 2. The van der Waals surface area contributed by atoms with E-state index in [0.29, 0.717) is 31.6 Å². The molecule has 0 fully saturated rings. The van der Waals surface area contributed by atoms with Gasteiger partial charge in [0.15, 0.2) is 12.2 Å². The number of aliphatic hydroxyl groups is 1. The second kappa shape index (κ2) is 73.0. The molecule has 3 N–H and O–H groups in total. The zero-order valence-electron chi connectivity index (χ0n) is 64.6. The maximum Gasteiger partial charge on any atom is 0.472 e. The molecule has 0 saturated carbocycles. The quantitative estimate of drug-likeness (QED) is 0.0222. The van der Waals surface area contributed by atoms with E-state index in [0.717, 1.165) is 96.3 Å². The van der Waals surface area contributed by atoms with Crippen LogP contribution in [0.1, 0.15) is 426 Å². The van der Waals surface area contributed by atoms with Gasteiger partial charge in [0.2, 0.25) is 0 Å². The van der Waals surface area contributed by atoms with E-state index >= 15 is 0 Å². The summed E-state index contributed by atoms with van der Waals surface area (Å²) in [6.07, 6.45) is 64.5. The van der Waals surface area contributed by atoms with Crippen LogP contribution in [0.15, 0.2) is 0 Å². The van der Waals surface area contributed by atoms with Crippen LogP contribution in [-0.2, 0) is 65.4 Å². The topological polar surface area (TPSA) is 237 Å². The lowest BCUT2D eigenvalue weighted by Crippen LogP contribution is -2.30. The van der Waals surface area contributed by atoms with Gasteiger partial charge in [0, 0.05) is 25.7 Å². The van der Waals surface area contributed by atoms with E-state index in [1.165, 1.54) is 244 Å². The molecular weight excluding hydrogens is 1290 g/mol. The Balaban J connectivity index is 5.13. The molecule has 0 aromatic carbocycles. The van der Waals surface area contributed by atoms with E-state index in [1.54, 1.807) is 0 Å². The molecule has 17 nitrogen and oxygen atoms in total. The number of esters is 4. The van der Waals surface area contributed by atoms with E-state index in [1.807, 2.05) is 0 Å². The highest BCUT2D eigenvalue weighted by molar-refractivity contribution is 7.47. The highest BCUT2D eigenvalue weighted by atomic mass is 31.2. The van der Waals surface area contributed by atoms with Gasteiger partial charge in [-0.1, -0.05) is 375 Å². The molecule has 5 atom stereocenters. The Hall–Kier alpha value is -1.94. The second-order valence-electron chi connectivity index (χ2n) is 29.3. The van der Waals surface area contributed by atoms with E-state index in [9.17, 15) is 43.2 Å². The minimum absolute atomic E-state index is 0.102. The number of ether oxygens (including phenoxy) is 4. The summed E-state index contributed by atoms with van der Waals surface area (Å²) in [6.45, 7) is 7.18. The van der Waals surface area contributed by atoms with Crippen LogP contribution in [0.3, 0.4) is 0 Å². The molecule has 0 saturated heterocycles. The molecular formula is C80H156O17P2. The molecule has 0 aromatic rings. The monoisotopic (exact) mass is 1450 g/mol. The Bertz CT molecular complexity index is 1890.